The topological polar surface area (TPSA) is 36.9 Å². The number of nitrogens with one attached hydrogen (secondary N) is 1. The van der Waals surface area contributed by atoms with Crippen molar-refractivity contribution in [2.24, 2.45) is 10.4 Å². The van der Waals surface area contributed by atoms with Crippen molar-refractivity contribution in [2.45, 2.75) is 26.3 Å². The molecule has 2 fully saturated rings. The number of hydrogen-bond donors (Lipinski definition) is 1. The molecule has 0 bridgehead atoms. The second kappa shape index (κ2) is 7.05. The SMILES string of the molecule is CCNC(=NCc1ccc(F)c(Cl)c1)N1CCC2(CCOC2)C1. The molecule has 1 N–H and O–H groups in total. The summed E-state index contributed by atoms with van der Waals surface area (Å²) in [5.74, 6) is 0.519. The maximum Gasteiger partial charge on any atom is 0.194 e. The van der Waals surface area contributed by atoms with Gasteiger partial charge in [0.05, 0.1) is 18.2 Å². The highest BCUT2D eigenvalue weighted by atomic mass is 35.5. The molecule has 0 amide bonds. The Kier molecular flexibility index (Phi) is 5.07. The number of hydrogen-bond acceptors (Lipinski definition) is 2. The summed E-state index contributed by atoms with van der Waals surface area (Å²) >= 11 is 5.84. The number of rotatable bonds is 3. The summed E-state index contributed by atoms with van der Waals surface area (Å²) in [4.78, 5) is 7.01. The van der Waals surface area contributed by atoms with E-state index in [1.807, 2.05) is 0 Å². The normalized spacial score (nSPS) is 24.7. The van der Waals surface area contributed by atoms with Gasteiger partial charge < -0.3 is 15.0 Å². The molecule has 126 valence electrons. The summed E-state index contributed by atoms with van der Waals surface area (Å²) in [6.45, 7) is 7.09. The standard InChI is InChI=1S/C17H23ClFN3O/c1-2-20-16(21-10-13-3-4-15(19)14(18)9-13)22-7-5-17(11-22)6-8-23-12-17/h3-4,9H,2,5-8,10-12H2,1H3,(H,20,21). The maximum absolute atomic E-state index is 13.2. The molecular formula is C17H23ClFN3O. The van der Waals surface area contributed by atoms with Gasteiger partial charge in [-0.1, -0.05) is 17.7 Å². The molecule has 0 radical (unpaired) electrons. The van der Waals surface area contributed by atoms with Gasteiger partial charge in [0.25, 0.3) is 0 Å². The molecule has 6 heteroatoms. The van der Waals surface area contributed by atoms with Crippen molar-refractivity contribution in [1.29, 1.82) is 0 Å². The van der Waals surface area contributed by atoms with Crippen molar-refractivity contribution in [2.75, 3.05) is 32.8 Å². The van der Waals surface area contributed by atoms with Crippen LogP contribution in [0.5, 0.6) is 0 Å². The van der Waals surface area contributed by atoms with Crippen LogP contribution < -0.4 is 5.32 Å². The van der Waals surface area contributed by atoms with E-state index in [-0.39, 0.29) is 5.02 Å². The molecule has 1 unspecified atom stereocenters. The maximum atomic E-state index is 13.2. The van der Waals surface area contributed by atoms with Gasteiger partial charge in [-0.15, -0.1) is 0 Å². The molecule has 0 aliphatic carbocycles. The molecular weight excluding hydrogens is 317 g/mol. The van der Waals surface area contributed by atoms with Gasteiger partial charge in [0, 0.05) is 31.7 Å². The molecule has 3 rings (SSSR count). The number of benzene rings is 1. The first kappa shape index (κ1) is 16.5. The van der Waals surface area contributed by atoms with E-state index in [0.717, 1.165) is 57.2 Å². The third-order valence-corrected chi connectivity index (χ3v) is 4.94. The highest BCUT2D eigenvalue weighted by Crippen LogP contribution is 2.38. The van der Waals surface area contributed by atoms with Gasteiger partial charge in [-0.25, -0.2) is 9.38 Å². The molecule has 4 nitrogen and oxygen atoms in total. The van der Waals surface area contributed by atoms with E-state index in [0.29, 0.717) is 12.0 Å². The zero-order valence-electron chi connectivity index (χ0n) is 13.4. The van der Waals surface area contributed by atoms with Crippen molar-refractivity contribution in [1.82, 2.24) is 10.2 Å². The zero-order chi connectivity index (χ0) is 16.3. The zero-order valence-corrected chi connectivity index (χ0v) is 14.2. The highest BCUT2D eigenvalue weighted by Gasteiger charge is 2.42. The summed E-state index contributed by atoms with van der Waals surface area (Å²) in [6, 6.07) is 4.76. The van der Waals surface area contributed by atoms with Crippen LogP contribution in [0.4, 0.5) is 4.39 Å². The van der Waals surface area contributed by atoms with E-state index in [4.69, 9.17) is 21.3 Å². The lowest BCUT2D eigenvalue weighted by Crippen LogP contribution is -2.41. The van der Waals surface area contributed by atoms with Gasteiger partial charge in [-0.2, -0.15) is 0 Å². The first-order valence-electron chi connectivity index (χ1n) is 8.17. The van der Waals surface area contributed by atoms with Gasteiger partial charge in [0.2, 0.25) is 0 Å². The van der Waals surface area contributed by atoms with E-state index < -0.39 is 5.82 Å². The molecule has 2 heterocycles. The number of guanidine groups is 1. The number of likely N-dealkylation sites (tertiary alicyclic amines) is 1. The van der Waals surface area contributed by atoms with Crippen molar-refractivity contribution in [3.8, 4) is 0 Å². The first-order valence-corrected chi connectivity index (χ1v) is 8.55. The number of nitrogens with zero attached hydrogens (tertiary/aromatic N) is 2. The van der Waals surface area contributed by atoms with E-state index >= 15 is 0 Å². The van der Waals surface area contributed by atoms with Crippen LogP contribution >= 0.6 is 11.6 Å². The molecule has 0 saturated carbocycles. The molecule has 1 aromatic carbocycles. The monoisotopic (exact) mass is 339 g/mol. The summed E-state index contributed by atoms with van der Waals surface area (Å²) in [5, 5.41) is 3.50. The fourth-order valence-electron chi connectivity index (χ4n) is 3.32. The number of halogens is 2. The Labute approximate surface area is 141 Å². The molecule has 2 aliphatic rings. The third-order valence-electron chi connectivity index (χ3n) is 4.65. The second-order valence-electron chi connectivity index (χ2n) is 6.39. The van der Waals surface area contributed by atoms with Gasteiger partial charge >= 0.3 is 0 Å². The van der Waals surface area contributed by atoms with E-state index in [9.17, 15) is 4.39 Å². The van der Waals surface area contributed by atoms with Gasteiger partial charge in [0.1, 0.15) is 5.82 Å². The average molecular weight is 340 g/mol. The average Bonchev–Trinajstić information content (AvgIpc) is 3.17. The van der Waals surface area contributed by atoms with E-state index in [2.05, 4.69) is 17.1 Å². The largest absolute Gasteiger partial charge is 0.381 e. The predicted octanol–water partition coefficient (Wildman–Crippen LogP) is 3.06. The Bertz CT molecular complexity index is 587. The first-order chi connectivity index (χ1) is 11.1. The highest BCUT2D eigenvalue weighted by molar-refractivity contribution is 6.30. The molecule has 1 atom stereocenters. The summed E-state index contributed by atoms with van der Waals surface area (Å²) < 4.78 is 18.8. The van der Waals surface area contributed by atoms with Crippen LogP contribution in [0.1, 0.15) is 25.3 Å². The Morgan fingerprint density at radius 2 is 2.35 bits per heavy atom. The fourth-order valence-corrected chi connectivity index (χ4v) is 3.52. The van der Waals surface area contributed by atoms with Crippen LogP contribution in [-0.4, -0.2) is 43.7 Å². The van der Waals surface area contributed by atoms with Gasteiger partial charge in [-0.3, -0.25) is 0 Å². The minimum atomic E-state index is -0.394. The fraction of sp³-hybridized carbons (Fsp3) is 0.588. The molecule has 23 heavy (non-hydrogen) atoms. The molecule has 2 saturated heterocycles. The van der Waals surface area contributed by atoms with Crippen LogP contribution in [0.25, 0.3) is 0 Å². The van der Waals surface area contributed by atoms with Gasteiger partial charge in [-0.05, 0) is 37.5 Å². The summed E-state index contributed by atoms with van der Waals surface area (Å²) in [7, 11) is 0. The molecule has 1 aromatic rings. The Morgan fingerprint density at radius 1 is 1.48 bits per heavy atom. The van der Waals surface area contributed by atoms with Crippen molar-refractivity contribution >= 4 is 17.6 Å². The van der Waals surface area contributed by atoms with E-state index in [1.165, 1.54) is 6.07 Å². The summed E-state index contributed by atoms with van der Waals surface area (Å²) in [6.07, 6.45) is 2.29. The lowest BCUT2D eigenvalue weighted by Gasteiger charge is -2.25. The minimum Gasteiger partial charge on any atom is -0.381 e. The molecule has 0 aromatic heterocycles. The van der Waals surface area contributed by atoms with Crippen LogP contribution in [0.2, 0.25) is 5.02 Å². The Balaban J connectivity index is 1.69. The molecule has 2 aliphatic heterocycles. The van der Waals surface area contributed by atoms with Crippen molar-refractivity contribution in [3.05, 3.63) is 34.6 Å². The third kappa shape index (κ3) is 3.78. The lowest BCUT2D eigenvalue weighted by molar-refractivity contribution is 0.156. The number of aliphatic imine (C=N–C) groups is 1. The Morgan fingerprint density at radius 3 is 3.04 bits per heavy atom. The predicted molar refractivity (Wildman–Crippen MR) is 90.3 cm³/mol. The molecule has 1 spiro atoms. The quantitative estimate of drug-likeness (QED) is 0.679. The van der Waals surface area contributed by atoms with Crippen LogP contribution in [0.3, 0.4) is 0 Å². The van der Waals surface area contributed by atoms with Crippen molar-refractivity contribution < 1.29 is 9.13 Å². The minimum absolute atomic E-state index is 0.144. The number of ether oxygens (including phenoxy) is 1. The van der Waals surface area contributed by atoms with Crippen molar-refractivity contribution in [3.63, 3.8) is 0 Å². The van der Waals surface area contributed by atoms with Crippen LogP contribution in [0.15, 0.2) is 23.2 Å². The lowest BCUT2D eigenvalue weighted by atomic mass is 9.87. The summed E-state index contributed by atoms with van der Waals surface area (Å²) in [5.41, 5.74) is 1.21. The second-order valence-corrected chi connectivity index (χ2v) is 6.80. The Hall–Kier alpha value is -1.33. The van der Waals surface area contributed by atoms with Gasteiger partial charge in [0.15, 0.2) is 5.96 Å². The van der Waals surface area contributed by atoms with E-state index in [1.54, 1.807) is 12.1 Å². The van der Waals surface area contributed by atoms with Crippen LogP contribution in [-0.2, 0) is 11.3 Å². The smallest absolute Gasteiger partial charge is 0.194 e. The van der Waals surface area contributed by atoms with Crippen LogP contribution in [0, 0.1) is 11.2 Å².